The highest BCUT2D eigenvalue weighted by atomic mass is 19.1. The molecule has 178 valence electrons. The molecule has 0 heterocycles. The van der Waals surface area contributed by atoms with Gasteiger partial charge in [-0.25, -0.2) is 4.39 Å². The Morgan fingerprint density at radius 1 is 1.18 bits per heavy atom. The zero-order valence-corrected chi connectivity index (χ0v) is 19.5. The lowest BCUT2D eigenvalue weighted by atomic mass is 9.88. The highest BCUT2D eigenvalue weighted by Gasteiger charge is 2.24. The number of halogens is 1. The highest BCUT2D eigenvalue weighted by Crippen LogP contribution is 2.25. The molecule has 9 heteroatoms. The Morgan fingerprint density at radius 3 is 2.45 bits per heavy atom. The van der Waals surface area contributed by atoms with E-state index < -0.39 is 5.91 Å². The first kappa shape index (κ1) is 25.6. The minimum absolute atomic E-state index is 0.0143. The molecule has 0 aliphatic rings. The summed E-state index contributed by atoms with van der Waals surface area (Å²) < 4.78 is 18.9. The molecule has 0 fully saturated rings. The fraction of sp³-hybridized carbons (Fsp3) is 0.375. The molecule has 0 spiro atoms. The van der Waals surface area contributed by atoms with Crippen molar-refractivity contribution in [1.29, 1.82) is 5.41 Å². The number of nitrogens with one attached hydrogen (secondary N) is 3. The van der Waals surface area contributed by atoms with E-state index in [-0.39, 0.29) is 35.6 Å². The van der Waals surface area contributed by atoms with Gasteiger partial charge < -0.3 is 26.8 Å². The molecule has 0 bridgehead atoms. The van der Waals surface area contributed by atoms with Gasteiger partial charge in [0, 0.05) is 29.9 Å². The van der Waals surface area contributed by atoms with Crippen molar-refractivity contribution in [2.45, 2.75) is 40.3 Å². The van der Waals surface area contributed by atoms with E-state index in [0.29, 0.717) is 30.1 Å². The summed E-state index contributed by atoms with van der Waals surface area (Å²) in [5, 5.41) is 14.6. The number of benzene rings is 2. The molecular formula is C24H33FN6O2. The second-order valence-electron chi connectivity index (χ2n) is 8.78. The summed E-state index contributed by atoms with van der Waals surface area (Å²) in [7, 11) is 0. The summed E-state index contributed by atoms with van der Waals surface area (Å²) in [5.74, 6) is -0.271. The number of rotatable bonds is 10. The van der Waals surface area contributed by atoms with Gasteiger partial charge in [-0.1, -0.05) is 32.9 Å². The van der Waals surface area contributed by atoms with Gasteiger partial charge in [-0.15, -0.1) is 0 Å². The van der Waals surface area contributed by atoms with E-state index in [2.05, 4.69) is 15.6 Å². The van der Waals surface area contributed by atoms with E-state index in [1.165, 1.54) is 12.1 Å². The molecule has 0 radical (unpaired) electrons. The van der Waals surface area contributed by atoms with Crippen LogP contribution < -0.4 is 26.8 Å². The quantitative estimate of drug-likeness (QED) is 0.212. The van der Waals surface area contributed by atoms with Crippen LogP contribution in [0.1, 0.15) is 38.8 Å². The van der Waals surface area contributed by atoms with Crippen LogP contribution in [0.4, 0.5) is 10.1 Å². The number of amides is 1. The van der Waals surface area contributed by atoms with Crippen molar-refractivity contribution in [2.75, 3.05) is 18.5 Å². The number of ether oxygens (including phenoxy) is 1. The number of guanidine groups is 1. The lowest BCUT2D eigenvalue weighted by Crippen LogP contribution is -2.44. The second-order valence-corrected chi connectivity index (χ2v) is 8.78. The highest BCUT2D eigenvalue weighted by molar-refractivity contribution is 6.45. The Kier molecular flexibility index (Phi) is 8.78. The van der Waals surface area contributed by atoms with Crippen LogP contribution >= 0.6 is 0 Å². The number of nitrogens with zero attached hydrogens (tertiary/aromatic N) is 1. The van der Waals surface area contributed by atoms with E-state index in [0.717, 1.165) is 5.56 Å². The largest absolute Gasteiger partial charge is 0.492 e. The Labute approximate surface area is 194 Å². The van der Waals surface area contributed by atoms with E-state index in [1.807, 2.05) is 27.7 Å². The first-order valence-electron chi connectivity index (χ1n) is 10.7. The molecule has 2 rings (SSSR count). The Hall–Kier alpha value is -3.62. The second kappa shape index (κ2) is 11.3. The first-order valence-corrected chi connectivity index (χ1v) is 10.7. The van der Waals surface area contributed by atoms with Crippen molar-refractivity contribution in [3.63, 3.8) is 0 Å². The summed E-state index contributed by atoms with van der Waals surface area (Å²) >= 11 is 0. The topological polar surface area (TPSA) is 139 Å². The van der Waals surface area contributed by atoms with Crippen molar-refractivity contribution >= 4 is 23.3 Å². The van der Waals surface area contributed by atoms with Crippen LogP contribution in [-0.2, 0) is 11.3 Å². The molecule has 1 amide bonds. The van der Waals surface area contributed by atoms with Crippen molar-refractivity contribution < 1.29 is 13.9 Å². The SMILES string of the molecule is CC(NC(=O)C(=N)c1ccc(OCCN=C(N)N)cc1NCc1ccc(F)cc1)C(C)(C)C. The molecule has 0 aliphatic heterocycles. The molecule has 0 saturated carbocycles. The third-order valence-electron chi connectivity index (χ3n) is 5.18. The molecule has 0 saturated heterocycles. The van der Waals surface area contributed by atoms with E-state index in [9.17, 15) is 9.18 Å². The van der Waals surface area contributed by atoms with Gasteiger partial charge in [-0.3, -0.25) is 15.2 Å². The van der Waals surface area contributed by atoms with Crippen LogP contribution in [0.2, 0.25) is 0 Å². The number of hydrogen-bond acceptors (Lipinski definition) is 5. The van der Waals surface area contributed by atoms with E-state index >= 15 is 0 Å². The minimum atomic E-state index is -0.469. The molecule has 2 aromatic rings. The number of nitrogens with two attached hydrogens (primary N) is 2. The summed E-state index contributed by atoms with van der Waals surface area (Å²) in [4.78, 5) is 16.6. The van der Waals surface area contributed by atoms with Crippen LogP contribution in [0.3, 0.4) is 0 Å². The Bertz CT molecular complexity index is 995. The summed E-state index contributed by atoms with van der Waals surface area (Å²) in [6, 6.07) is 11.0. The van der Waals surface area contributed by atoms with Crippen molar-refractivity contribution in [3.8, 4) is 5.75 Å². The number of aliphatic imine (C=N–C) groups is 1. The van der Waals surface area contributed by atoms with Crippen molar-refractivity contribution in [3.05, 3.63) is 59.4 Å². The van der Waals surface area contributed by atoms with Gasteiger partial charge in [0.15, 0.2) is 5.96 Å². The van der Waals surface area contributed by atoms with Gasteiger partial charge in [-0.2, -0.15) is 0 Å². The summed E-state index contributed by atoms with van der Waals surface area (Å²) in [6.45, 7) is 8.90. The van der Waals surface area contributed by atoms with E-state index in [1.54, 1.807) is 30.3 Å². The van der Waals surface area contributed by atoms with Gasteiger partial charge in [0.25, 0.3) is 5.91 Å². The molecular weight excluding hydrogens is 423 g/mol. The van der Waals surface area contributed by atoms with Gasteiger partial charge in [0.2, 0.25) is 0 Å². The normalized spacial score (nSPS) is 11.9. The molecule has 2 aromatic carbocycles. The number of carbonyl (C=O) groups is 1. The zero-order valence-electron chi connectivity index (χ0n) is 19.5. The average molecular weight is 457 g/mol. The third kappa shape index (κ3) is 8.10. The van der Waals surface area contributed by atoms with Gasteiger partial charge in [-0.05, 0) is 42.2 Å². The van der Waals surface area contributed by atoms with Gasteiger partial charge in [0.05, 0.1) is 6.54 Å². The molecule has 0 aliphatic carbocycles. The Morgan fingerprint density at radius 2 is 1.85 bits per heavy atom. The maximum absolute atomic E-state index is 13.2. The maximum atomic E-state index is 13.2. The van der Waals surface area contributed by atoms with Crippen molar-refractivity contribution in [1.82, 2.24) is 5.32 Å². The average Bonchev–Trinajstić information content (AvgIpc) is 2.75. The summed E-state index contributed by atoms with van der Waals surface area (Å²) in [5.41, 5.74) is 12.1. The first-order chi connectivity index (χ1) is 15.5. The zero-order chi connectivity index (χ0) is 24.6. The number of carbonyl (C=O) groups excluding carboxylic acids is 1. The molecule has 1 atom stereocenters. The van der Waals surface area contributed by atoms with Crippen LogP contribution in [0.25, 0.3) is 0 Å². The van der Waals surface area contributed by atoms with Crippen LogP contribution in [-0.4, -0.2) is 36.8 Å². The fourth-order valence-corrected chi connectivity index (χ4v) is 2.72. The third-order valence-corrected chi connectivity index (χ3v) is 5.18. The lowest BCUT2D eigenvalue weighted by Gasteiger charge is -2.28. The fourth-order valence-electron chi connectivity index (χ4n) is 2.72. The monoisotopic (exact) mass is 456 g/mol. The van der Waals surface area contributed by atoms with Crippen LogP contribution in [0, 0.1) is 16.6 Å². The molecule has 33 heavy (non-hydrogen) atoms. The summed E-state index contributed by atoms with van der Waals surface area (Å²) in [6.07, 6.45) is 0. The number of hydrogen-bond donors (Lipinski definition) is 5. The predicted octanol–water partition coefficient (Wildman–Crippen LogP) is 3.01. The van der Waals surface area contributed by atoms with Gasteiger partial charge >= 0.3 is 0 Å². The smallest absolute Gasteiger partial charge is 0.270 e. The minimum Gasteiger partial charge on any atom is -0.492 e. The lowest BCUT2D eigenvalue weighted by molar-refractivity contribution is -0.116. The van der Waals surface area contributed by atoms with E-state index in [4.69, 9.17) is 21.6 Å². The molecule has 1 unspecified atom stereocenters. The standard InChI is InChI=1S/C24H33FN6O2/c1-15(24(2,3)4)31-22(32)21(26)19-10-9-18(33-12-11-29-23(27)28)13-20(19)30-14-16-5-7-17(25)8-6-16/h5-10,13,15,26,30H,11-12,14H2,1-4H3,(H,31,32)(H4,27,28,29). The maximum Gasteiger partial charge on any atom is 0.270 e. The Balaban J connectivity index is 2.23. The van der Waals surface area contributed by atoms with Crippen LogP contribution in [0.5, 0.6) is 5.75 Å². The molecule has 0 aromatic heterocycles. The van der Waals surface area contributed by atoms with Crippen molar-refractivity contribution in [2.24, 2.45) is 21.9 Å². The molecule has 8 nitrogen and oxygen atoms in total. The molecule has 7 N–H and O–H groups in total. The van der Waals surface area contributed by atoms with Crippen LogP contribution in [0.15, 0.2) is 47.5 Å². The predicted molar refractivity (Wildman–Crippen MR) is 130 cm³/mol. The number of anilines is 1. The van der Waals surface area contributed by atoms with Gasteiger partial charge in [0.1, 0.15) is 23.9 Å².